The van der Waals surface area contributed by atoms with Crippen LogP contribution in [0.2, 0.25) is 0 Å². The highest BCUT2D eigenvalue weighted by molar-refractivity contribution is 7.99. The first-order chi connectivity index (χ1) is 15.2. The Morgan fingerprint density at radius 3 is 1.94 bits per heavy atom. The van der Waals surface area contributed by atoms with E-state index in [0.717, 1.165) is 49.4 Å². The lowest BCUT2D eigenvalue weighted by Crippen LogP contribution is -2.44. The number of hydrogen-bond acceptors (Lipinski definition) is 3. The van der Waals surface area contributed by atoms with E-state index in [-0.39, 0.29) is 5.92 Å². The van der Waals surface area contributed by atoms with Crippen LogP contribution in [0.15, 0.2) is 89.8 Å². The normalized spacial score (nSPS) is 15.8. The molecule has 3 aromatic carbocycles. The minimum Gasteiger partial charge on any atom is -0.380 e. The lowest BCUT2D eigenvalue weighted by molar-refractivity contribution is -0.0141. The molecule has 0 spiro atoms. The fourth-order valence-corrected chi connectivity index (χ4v) is 5.55. The lowest BCUT2D eigenvalue weighted by Gasteiger charge is -2.42. The van der Waals surface area contributed by atoms with Crippen LogP contribution in [-0.2, 0) is 5.60 Å². The third-order valence-electron chi connectivity index (χ3n) is 6.51. The summed E-state index contributed by atoms with van der Waals surface area (Å²) in [6.45, 7) is 5.39. The summed E-state index contributed by atoms with van der Waals surface area (Å²) in [6, 6.07) is 29.3. The van der Waals surface area contributed by atoms with E-state index in [4.69, 9.17) is 0 Å². The van der Waals surface area contributed by atoms with Crippen molar-refractivity contribution in [3.63, 3.8) is 0 Å². The highest BCUT2D eigenvalue weighted by atomic mass is 32.2. The van der Waals surface area contributed by atoms with Gasteiger partial charge in [-0.2, -0.15) is 0 Å². The molecule has 0 unspecified atom stereocenters. The number of rotatable bonds is 8. The fraction of sp³-hybridized carbons (Fsp3) is 0.357. The molecule has 3 heteroatoms. The molecule has 0 aliphatic carbocycles. The quantitative estimate of drug-likeness (QED) is 0.343. The van der Waals surface area contributed by atoms with Crippen molar-refractivity contribution < 1.29 is 5.11 Å². The molecule has 0 amide bonds. The second-order valence-electron chi connectivity index (χ2n) is 8.63. The Hall–Kier alpha value is -2.07. The Labute approximate surface area is 191 Å². The predicted molar refractivity (Wildman–Crippen MR) is 132 cm³/mol. The van der Waals surface area contributed by atoms with Gasteiger partial charge < -0.3 is 10.0 Å². The Morgan fingerprint density at radius 2 is 1.39 bits per heavy atom. The summed E-state index contributed by atoms with van der Waals surface area (Å²) in [6.07, 6.45) is 3.24. The van der Waals surface area contributed by atoms with Crippen LogP contribution < -0.4 is 0 Å². The van der Waals surface area contributed by atoms with Gasteiger partial charge in [0, 0.05) is 4.90 Å². The average molecular weight is 432 g/mol. The largest absolute Gasteiger partial charge is 0.380 e. The zero-order chi connectivity index (χ0) is 21.5. The number of aryl methyl sites for hydroxylation is 1. The van der Waals surface area contributed by atoms with E-state index < -0.39 is 5.60 Å². The van der Waals surface area contributed by atoms with Crippen LogP contribution in [0, 0.1) is 12.8 Å². The van der Waals surface area contributed by atoms with Crippen LogP contribution >= 0.6 is 11.8 Å². The Bertz CT molecular complexity index is 879. The van der Waals surface area contributed by atoms with E-state index in [0.29, 0.717) is 0 Å². The van der Waals surface area contributed by atoms with Crippen LogP contribution in [-0.4, -0.2) is 35.4 Å². The summed E-state index contributed by atoms with van der Waals surface area (Å²) in [7, 11) is 0. The Kier molecular flexibility index (Phi) is 7.49. The molecule has 1 aliphatic rings. The molecule has 2 nitrogen and oxygen atoms in total. The van der Waals surface area contributed by atoms with Crippen LogP contribution in [0.25, 0.3) is 0 Å². The molecule has 31 heavy (non-hydrogen) atoms. The van der Waals surface area contributed by atoms with Gasteiger partial charge in [0.15, 0.2) is 0 Å². The Morgan fingerprint density at radius 1 is 0.839 bits per heavy atom. The molecule has 4 rings (SSSR count). The van der Waals surface area contributed by atoms with Crippen LogP contribution in [0.4, 0.5) is 0 Å². The molecule has 162 valence electrons. The van der Waals surface area contributed by atoms with Crippen molar-refractivity contribution in [2.45, 2.75) is 36.7 Å². The maximum Gasteiger partial charge on any atom is 0.117 e. The van der Waals surface area contributed by atoms with Gasteiger partial charge in [-0.15, -0.1) is 11.8 Å². The zero-order valence-electron chi connectivity index (χ0n) is 18.4. The lowest BCUT2D eigenvalue weighted by atomic mass is 9.72. The van der Waals surface area contributed by atoms with Gasteiger partial charge >= 0.3 is 0 Å². The van der Waals surface area contributed by atoms with E-state index in [1.165, 1.54) is 16.9 Å². The third-order valence-corrected chi connectivity index (χ3v) is 7.61. The smallest absolute Gasteiger partial charge is 0.117 e. The summed E-state index contributed by atoms with van der Waals surface area (Å²) < 4.78 is 0. The SMILES string of the molecule is Cc1ccc(SCCCN2CCC(C(O)(c3ccccc3)c3ccccc3)CC2)cc1. The number of piperidine rings is 1. The number of nitrogens with zero attached hydrogens (tertiary/aromatic N) is 1. The van der Waals surface area contributed by atoms with Gasteiger partial charge in [0.1, 0.15) is 5.60 Å². The monoisotopic (exact) mass is 431 g/mol. The van der Waals surface area contributed by atoms with E-state index >= 15 is 0 Å². The highest BCUT2D eigenvalue weighted by Gasteiger charge is 2.41. The zero-order valence-corrected chi connectivity index (χ0v) is 19.2. The number of aliphatic hydroxyl groups is 1. The molecule has 0 bridgehead atoms. The number of thioether (sulfide) groups is 1. The van der Waals surface area contributed by atoms with Gasteiger partial charge in [0.2, 0.25) is 0 Å². The van der Waals surface area contributed by atoms with Gasteiger partial charge in [0.25, 0.3) is 0 Å². The third kappa shape index (κ3) is 5.41. The second-order valence-corrected chi connectivity index (χ2v) is 9.80. The summed E-state index contributed by atoms with van der Waals surface area (Å²) in [4.78, 5) is 3.93. The molecule has 3 aromatic rings. The Balaban J connectivity index is 1.33. The maximum atomic E-state index is 12.0. The fourth-order valence-electron chi connectivity index (χ4n) is 4.71. The number of likely N-dealkylation sites (tertiary alicyclic amines) is 1. The number of benzene rings is 3. The first kappa shape index (κ1) is 22.1. The van der Waals surface area contributed by atoms with E-state index in [2.05, 4.69) is 60.4 Å². The van der Waals surface area contributed by atoms with Gasteiger partial charge in [-0.3, -0.25) is 0 Å². The molecule has 0 saturated carbocycles. The molecule has 0 atom stereocenters. The molecular formula is C28H33NOS. The first-order valence-corrected chi connectivity index (χ1v) is 12.4. The molecular weight excluding hydrogens is 398 g/mol. The second kappa shape index (κ2) is 10.5. The van der Waals surface area contributed by atoms with Crippen molar-refractivity contribution in [2.75, 3.05) is 25.4 Å². The van der Waals surface area contributed by atoms with Gasteiger partial charge in [-0.1, -0.05) is 78.4 Å². The van der Waals surface area contributed by atoms with E-state index in [9.17, 15) is 5.11 Å². The maximum absolute atomic E-state index is 12.0. The molecule has 1 aliphatic heterocycles. The molecule has 1 saturated heterocycles. The average Bonchev–Trinajstić information content (AvgIpc) is 2.84. The van der Waals surface area contributed by atoms with Crippen LogP contribution in [0.1, 0.15) is 36.0 Å². The molecule has 0 radical (unpaired) electrons. The highest BCUT2D eigenvalue weighted by Crippen LogP contribution is 2.41. The minimum atomic E-state index is -0.921. The van der Waals surface area contributed by atoms with Gasteiger partial charge in [0.05, 0.1) is 0 Å². The molecule has 0 aromatic heterocycles. The summed E-state index contributed by atoms with van der Waals surface area (Å²) in [5.41, 5.74) is 2.41. The van der Waals surface area contributed by atoms with Crippen LogP contribution in [0.5, 0.6) is 0 Å². The van der Waals surface area contributed by atoms with Gasteiger partial charge in [-0.05, 0) is 80.8 Å². The van der Waals surface area contributed by atoms with E-state index in [1.807, 2.05) is 48.2 Å². The topological polar surface area (TPSA) is 23.5 Å². The number of hydrogen-bond donors (Lipinski definition) is 1. The van der Waals surface area contributed by atoms with Crippen molar-refractivity contribution in [1.82, 2.24) is 4.90 Å². The summed E-state index contributed by atoms with van der Waals surface area (Å²) in [5, 5.41) is 12.0. The van der Waals surface area contributed by atoms with Gasteiger partial charge in [-0.25, -0.2) is 0 Å². The standard InChI is InChI=1S/C28H33NOS/c1-23-13-15-27(16-14-23)31-22-8-19-29-20-17-26(18-21-29)28(30,24-9-4-2-5-10-24)25-11-6-3-7-12-25/h2-7,9-16,26,30H,8,17-22H2,1H3. The van der Waals surface area contributed by atoms with Crippen molar-refractivity contribution in [3.05, 3.63) is 102 Å². The predicted octanol–water partition coefficient (Wildman–Crippen LogP) is 6.13. The van der Waals surface area contributed by atoms with Crippen LogP contribution in [0.3, 0.4) is 0 Å². The van der Waals surface area contributed by atoms with Crippen molar-refractivity contribution >= 4 is 11.8 Å². The molecule has 1 heterocycles. The minimum absolute atomic E-state index is 0.232. The van der Waals surface area contributed by atoms with E-state index in [1.54, 1.807) is 0 Å². The first-order valence-electron chi connectivity index (χ1n) is 11.4. The van der Waals surface area contributed by atoms with Crippen molar-refractivity contribution in [1.29, 1.82) is 0 Å². The van der Waals surface area contributed by atoms with Crippen molar-refractivity contribution in [2.24, 2.45) is 5.92 Å². The molecule has 1 N–H and O–H groups in total. The summed E-state index contributed by atoms with van der Waals surface area (Å²) in [5.74, 6) is 1.39. The summed E-state index contributed by atoms with van der Waals surface area (Å²) >= 11 is 1.95. The van der Waals surface area contributed by atoms with Crippen molar-refractivity contribution in [3.8, 4) is 0 Å². The molecule has 1 fully saturated rings.